The number of ether oxygens (including phenoxy) is 1. The third-order valence-corrected chi connectivity index (χ3v) is 2.25. The highest BCUT2D eigenvalue weighted by molar-refractivity contribution is 5.69. The van der Waals surface area contributed by atoms with Crippen LogP contribution in [0.4, 0.5) is 0 Å². The lowest BCUT2D eigenvalue weighted by molar-refractivity contribution is -0.151. The zero-order valence-corrected chi connectivity index (χ0v) is 8.88. The molecule has 13 heavy (non-hydrogen) atoms. The Bertz CT molecular complexity index is 163. The molecule has 0 aliphatic carbocycles. The van der Waals surface area contributed by atoms with E-state index in [1.54, 1.807) is 6.08 Å². The minimum atomic E-state index is -0.118. The van der Waals surface area contributed by atoms with E-state index in [4.69, 9.17) is 4.74 Å². The lowest BCUT2D eigenvalue weighted by atomic mass is 9.99. The maximum atomic E-state index is 11.1. The first-order valence-electron chi connectivity index (χ1n) is 4.96. The first-order chi connectivity index (χ1) is 6.15. The van der Waals surface area contributed by atoms with Gasteiger partial charge in [-0.05, 0) is 5.92 Å². The predicted molar refractivity (Wildman–Crippen MR) is 54.4 cm³/mol. The van der Waals surface area contributed by atoms with Crippen LogP contribution in [0.2, 0.25) is 0 Å². The van der Waals surface area contributed by atoms with Crippen molar-refractivity contribution in [2.45, 2.75) is 46.1 Å². The lowest BCUT2D eigenvalue weighted by Crippen LogP contribution is -2.24. The predicted octanol–water partition coefficient (Wildman–Crippen LogP) is 2.93. The molecular formula is C11H20O2. The van der Waals surface area contributed by atoms with Crippen molar-refractivity contribution in [2.24, 2.45) is 5.92 Å². The third-order valence-electron chi connectivity index (χ3n) is 2.25. The minimum Gasteiger partial charge on any atom is -0.462 e. The fourth-order valence-electron chi connectivity index (χ4n) is 1.08. The molecule has 76 valence electrons. The van der Waals surface area contributed by atoms with Gasteiger partial charge in [0, 0.05) is 12.8 Å². The molecule has 0 heterocycles. The largest absolute Gasteiger partial charge is 0.462 e. The molecule has 0 aromatic heterocycles. The summed E-state index contributed by atoms with van der Waals surface area (Å²) in [5.41, 5.74) is 0. The van der Waals surface area contributed by atoms with Gasteiger partial charge in [0.25, 0.3) is 0 Å². The normalized spacial score (nSPS) is 14.7. The summed E-state index contributed by atoms with van der Waals surface area (Å²) in [5, 5.41) is 0. The summed E-state index contributed by atoms with van der Waals surface area (Å²) >= 11 is 0. The van der Waals surface area contributed by atoms with Crippen molar-refractivity contribution in [2.75, 3.05) is 0 Å². The number of carbonyl (C=O) groups excluding carboxylic acids is 1. The Labute approximate surface area is 81.0 Å². The van der Waals surface area contributed by atoms with Crippen molar-refractivity contribution in [1.82, 2.24) is 0 Å². The molecule has 0 bridgehead atoms. The number of hydrogen-bond donors (Lipinski definition) is 0. The highest BCUT2D eigenvalue weighted by Gasteiger charge is 2.17. The van der Waals surface area contributed by atoms with Crippen LogP contribution in [0.15, 0.2) is 12.7 Å². The van der Waals surface area contributed by atoms with Gasteiger partial charge < -0.3 is 4.74 Å². The average Bonchev–Trinajstić information content (AvgIpc) is 2.15. The van der Waals surface area contributed by atoms with Gasteiger partial charge in [-0.15, -0.1) is 6.58 Å². The maximum Gasteiger partial charge on any atom is 0.305 e. The molecule has 2 atom stereocenters. The van der Waals surface area contributed by atoms with Gasteiger partial charge >= 0.3 is 5.97 Å². The Morgan fingerprint density at radius 2 is 2.15 bits per heavy atom. The molecule has 0 aliphatic heterocycles. The van der Waals surface area contributed by atoms with Crippen molar-refractivity contribution < 1.29 is 9.53 Å². The number of esters is 1. The van der Waals surface area contributed by atoms with E-state index >= 15 is 0 Å². The van der Waals surface area contributed by atoms with Gasteiger partial charge in [-0.1, -0.05) is 33.3 Å². The molecule has 0 fully saturated rings. The topological polar surface area (TPSA) is 26.3 Å². The van der Waals surface area contributed by atoms with Crippen LogP contribution in [0, 0.1) is 5.92 Å². The van der Waals surface area contributed by atoms with Gasteiger partial charge in [0.05, 0.1) is 0 Å². The molecule has 0 aliphatic rings. The fraction of sp³-hybridized carbons (Fsp3) is 0.727. The second-order valence-electron chi connectivity index (χ2n) is 3.29. The van der Waals surface area contributed by atoms with Crippen LogP contribution in [0.1, 0.15) is 40.0 Å². The van der Waals surface area contributed by atoms with E-state index in [0.717, 1.165) is 12.8 Å². The summed E-state index contributed by atoms with van der Waals surface area (Å²) in [6.07, 6.45) is 4.04. The van der Waals surface area contributed by atoms with Gasteiger partial charge in [0.2, 0.25) is 0 Å². The van der Waals surface area contributed by atoms with Crippen LogP contribution in [0.3, 0.4) is 0 Å². The minimum absolute atomic E-state index is 0.00921. The highest BCUT2D eigenvalue weighted by atomic mass is 16.5. The van der Waals surface area contributed by atoms with Gasteiger partial charge in [0.15, 0.2) is 0 Å². The van der Waals surface area contributed by atoms with E-state index in [1.807, 2.05) is 6.92 Å². The van der Waals surface area contributed by atoms with Crippen molar-refractivity contribution in [3.63, 3.8) is 0 Å². The summed E-state index contributed by atoms with van der Waals surface area (Å²) in [4.78, 5) is 11.1. The molecule has 0 aromatic rings. The third kappa shape index (κ3) is 4.71. The van der Waals surface area contributed by atoms with Crippen LogP contribution in [-0.4, -0.2) is 12.1 Å². The molecule has 0 N–H and O–H groups in total. The Hall–Kier alpha value is -0.790. The van der Waals surface area contributed by atoms with Crippen LogP contribution < -0.4 is 0 Å². The molecule has 0 aromatic carbocycles. The van der Waals surface area contributed by atoms with Gasteiger partial charge in [-0.2, -0.15) is 0 Å². The summed E-state index contributed by atoms with van der Waals surface area (Å²) in [6, 6.07) is 0. The number of carbonyl (C=O) groups is 1. The molecule has 0 spiro atoms. The lowest BCUT2D eigenvalue weighted by Gasteiger charge is -2.21. The quantitative estimate of drug-likeness (QED) is 0.468. The SMILES string of the molecule is C=CCC(OC(=O)CC)C(C)CC. The van der Waals surface area contributed by atoms with Gasteiger partial charge in [-0.25, -0.2) is 0 Å². The van der Waals surface area contributed by atoms with E-state index in [2.05, 4.69) is 20.4 Å². The first-order valence-corrected chi connectivity index (χ1v) is 4.96. The van der Waals surface area contributed by atoms with E-state index in [9.17, 15) is 4.79 Å². The van der Waals surface area contributed by atoms with Crippen LogP contribution in [0.25, 0.3) is 0 Å². The maximum absolute atomic E-state index is 11.1. The average molecular weight is 184 g/mol. The standard InChI is InChI=1S/C11H20O2/c1-5-8-10(9(4)6-2)13-11(12)7-3/h5,9-10H,1,6-8H2,2-4H3. The molecule has 0 saturated carbocycles. The smallest absolute Gasteiger partial charge is 0.305 e. The molecule has 0 radical (unpaired) electrons. The number of hydrogen-bond acceptors (Lipinski definition) is 2. The summed E-state index contributed by atoms with van der Waals surface area (Å²) in [5.74, 6) is 0.292. The van der Waals surface area contributed by atoms with Crippen molar-refractivity contribution >= 4 is 5.97 Å². The summed E-state index contributed by atoms with van der Waals surface area (Å²) in [7, 11) is 0. The van der Waals surface area contributed by atoms with Crippen molar-refractivity contribution in [3.8, 4) is 0 Å². The molecular weight excluding hydrogens is 164 g/mol. The van der Waals surface area contributed by atoms with Gasteiger partial charge in [-0.3, -0.25) is 4.79 Å². The van der Waals surface area contributed by atoms with Crippen LogP contribution >= 0.6 is 0 Å². The Morgan fingerprint density at radius 1 is 1.54 bits per heavy atom. The summed E-state index contributed by atoms with van der Waals surface area (Å²) in [6.45, 7) is 9.66. The van der Waals surface area contributed by atoms with E-state index in [-0.39, 0.29) is 12.1 Å². The molecule has 0 rings (SSSR count). The number of rotatable bonds is 6. The Balaban J connectivity index is 4.07. The molecule has 2 nitrogen and oxygen atoms in total. The highest BCUT2D eigenvalue weighted by Crippen LogP contribution is 2.15. The fourth-order valence-corrected chi connectivity index (χ4v) is 1.08. The molecule has 0 amide bonds. The monoisotopic (exact) mass is 184 g/mol. The van der Waals surface area contributed by atoms with Crippen molar-refractivity contribution in [1.29, 1.82) is 0 Å². The zero-order valence-electron chi connectivity index (χ0n) is 8.88. The van der Waals surface area contributed by atoms with E-state index in [1.165, 1.54) is 0 Å². The van der Waals surface area contributed by atoms with E-state index in [0.29, 0.717) is 12.3 Å². The first kappa shape index (κ1) is 12.2. The molecule has 2 heteroatoms. The van der Waals surface area contributed by atoms with Gasteiger partial charge in [0.1, 0.15) is 6.10 Å². The Morgan fingerprint density at radius 3 is 2.54 bits per heavy atom. The molecule has 2 unspecified atom stereocenters. The second-order valence-corrected chi connectivity index (χ2v) is 3.29. The van der Waals surface area contributed by atoms with Crippen molar-refractivity contribution in [3.05, 3.63) is 12.7 Å². The van der Waals surface area contributed by atoms with Crippen LogP contribution in [0.5, 0.6) is 0 Å². The second kappa shape index (κ2) is 6.70. The Kier molecular flexibility index (Phi) is 6.29. The molecule has 0 saturated heterocycles. The summed E-state index contributed by atoms with van der Waals surface area (Å²) < 4.78 is 5.28. The van der Waals surface area contributed by atoms with E-state index < -0.39 is 0 Å². The zero-order chi connectivity index (χ0) is 10.3. The van der Waals surface area contributed by atoms with Crippen LogP contribution in [-0.2, 0) is 9.53 Å².